The minimum atomic E-state index is 0.780. The molecule has 2 aromatic rings. The molecule has 0 saturated heterocycles. The number of hydrogen-bond acceptors (Lipinski definition) is 1. The van der Waals surface area contributed by atoms with Crippen LogP contribution in [0.3, 0.4) is 0 Å². The van der Waals surface area contributed by atoms with Crippen LogP contribution in [0.15, 0.2) is 18.2 Å². The van der Waals surface area contributed by atoms with Crippen molar-refractivity contribution in [2.75, 3.05) is 0 Å². The molecule has 16 heavy (non-hydrogen) atoms. The summed E-state index contributed by atoms with van der Waals surface area (Å²) in [4.78, 5) is 0. The summed E-state index contributed by atoms with van der Waals surface area (Å²) in [5.74, 6) is 0. The highest BCUT2D eigenvalue weighted by molar-refractivity contribution is 6.31. The summed E-state index contributed by atoms with van der Waals surface area (Å²) in [7, 11) is 0. The van der Waals surface area contributed by atoms with Gasteiger partial charge >= 0.3 is 0 Å². The molecule has 0 bridgehead atoms. The Bertz CT molecular complexity index is 541. The normalized spacial score (nSPS) is 10.8. The second-order valence-corrected chi connectivity index (χ2v) is 4.50. The Kier molecular flexibility index (Phi) is 2.76. The number of nitrogens with zero attached hydrogens (tertiary/aromatic N) is 2. The highest BCUT2D eigenvalue weighted by Gasteiger charge is 2.11. The molecule has 2 rings (SSSR count). The highest BCUT2D eigenvalue weighted by atomic mass is 35.5. The maximum absolute atomic E-state index is 6.12. The molecule has 0 amide bonds. The fourth-order valence-electron chi connectivity index (χ4n) is 1.78. The Balaban J connectivity index is 2.68. The van der Waals surface area contributed by atoms with Gasteiger partial charge in [-0.3, -0.25) is 0 Å². The van der Waals surface area contributed by atoms with Crippen LogP contribution in [0.1, 0.15) is 22.5 Å². The zero-order valence-electron chi connectivity index (χ0n) is 10.0. The molecule has 0 saturated carbocycles. The van der Waals surface area contributed by atoms with E-state index in [-0.39, 0.29) is 0 Å². The molecule has 0 fully saturated rings. The van der Waals surface area contributed by atoms with E-state index in [1.54, 1.807) is 0 Å². The molecule has 1 aromatic heterocycles. The van der Waals surface area contributed by atoms with Gasteiger partial charge in [0.05, 0.1) is 11.4 Å². The maximum atomic E-state index is 6.12. The molecule has 2 nitrogen and oxygen atoms in total. The summed E-state index contributed by atoms with van der Waals surface area (Å²) < 4.78 is 1.96. The van der Waals surface area contributed by atoms with Crippen molar-refractivity contribution in [3.63, 3.8) is 0 Å². The van der Waals surface area contributed by atoms with E-state index in [0.717, 1.165) is 22.0 Å². The minimum Gasteiger partial charge on any atom is -0.237 e. The molecule has 0 aliphatic carbocycles. The SMILES string of the molecule is Cc1nn(-c2cccc(Cl)c2C)c(C)c1C. The van der Waals surface area contributed by atoms with Crippen LogP contribution < -0.4 is 0 Å². The van der Waals surface area contributed by atoms with Crippen LogP contribution in [0.25, 0.3) is 5.69 Å². The van der Waals surface area contributed by atoms with Gasteiger partial charge in [-0.25, -0.2) is 4.68 Å². The van der Waals surface area contributed by atoms with Gasteiger partial charge in [-0.2, -0.15) is 5.10 Å². The lowest BCUT2D eigenvalue weighted by molar-refractivity contribution is 0.827. The summed E-state index contributed by atoms with van der Waals surface area (Å²) >= 11 is 6.12. The van der Waals surface area contributed by atoms with E-state index in [0.29, 0.717) is 0 Å². The van der Waals surface area contributed by atoms with E-state index >= 15 is 0 Å². The Morgan fingerprint density at radius 1 is 1.06 bits per heavy atom. The van der Waals surface area contributed by atoms with Gasteiger partial charge in [-0.15, -0.1) is 0 Å². The molecule has 1 aromatic carbocycles. The molecule has 0 unspecified atom stereocenters. The van der Waals surface area contributed by atoms with Gasteiger partial charge in [-0.05, 0) is 51.0 Å². The summed E-state index contributed by atoms with van der Waals surface area (Å²) in [5.41, 5.74) is 5.59. The molecule has 84 valence electrons. The molecular formula is C13H15ClN2. The van der Waals surface area contributed by atoms with Crippen molar-refractivity contribution in [2.24, 2.45) is 0 Å². The van der Waals surface area contributed by atoms with Crippen molar-refractivity contribution in [1.82, 2.24) is 9.78 Å². The van der Waals surface area contributed by atoms with Crippen LogP contribution in [0, 0.1) is 27.7 Å². The van der Waals surface area contributed by atoms with Gasteiger partial charge in [-0.1, -0.05) is 17.7 Å². The molecular weight excluding hydrogens is 220 g/mol. The van der Waals surface area contributed by atoms with Crippen molar-refractivity contribution in [3.05, 3.63) is 45.7 Å². The fourth-order valence-corrected chi connectivity index (χ4v) is 1.95. The van der Waals surface area contributed by atoms with Crippen LogP contribution in [-0.4, -0.2) is 9.78 Å². The van der Waals surface area contributed by atoms with Crippen LogP contribution >= 0.6 is 11.6 Å². The number of rotatable bonds is 1. The smallest absolute Gasteiger partial charge is 0.0692 e. The van der Waals surface area contributed by atoms with Gasteiger partial charge < -0.3 is 0 Å². The van der Waals surface area contributed by atoms with Gasteiger partial charge in [0.1, 0.15) is 0 Å². The van der Waals surface area contributed by atoms with Crippen molar-refractivity contribution in [3.8, 4) is 5.69 Å². The third-order valence-corrected chi connectivity index (χ3v) is 3.53. The third-order valence-electron chi connectivity index (χ3n) is 3.12. The Morgan fingerprint density at radius 3 is 2.31 bits per heavy atom. The lowest BCUT2D eigenvalue weighted by Gasteiger charge is -2.09. The van der Waals surface area contributed by atoms with Gasteiger partial charge in [0.25, 0.3) is 0 Å². The van der Waals surface area contributed by atoms with Crippen molar-refractivity contribution < 1.29 is 0 Å². The quantitative estimate of drug-likeness (QED) is 0.735. The number of hydrogen-bond donors (Lipinski definition) is 0. The minimum absolute atomic E-state index is 0.780. The summed E-state index contributed by atoms with van der Waals surface area (Å²) in [6, 6.07) is 5.90. The van der Waals surface area contributed by atoms with Gasteiger partial charge in [0.15, 0.2) is 0 Å². The second kappa shape index (κ2) is 3.95. The Morgan fingerprint density at radius 2 is 1.75 bits per heavy atom. The predicted octanol–water partition coefficient (Wildman–Crippen LogP) is 3.76. The number of benzene rings is 1. The van der Waals surface area contributed by atoms with Crippen molar-refractivity contribution >= 4 is 11.6 Å². The zero-order chi connectivity index (χ0) is 11.9. The number of aromatic nitrogens is 2. The lowest BCUT2D eigenvalue weighted by atomic mass is 10.2. The first-order chi connectivity index (χ1) is 7.52. The summed E-state index contributed by atoms with van der Waals surface area (Å²) in [6.07, 6.45) is 0. The van der Waals surface area contributed by atoms with Gasteiger partial charge in [0, 0.05) is 10.7 Å². The fraction of sp³-hybridized carbons (Fsp3) is 0.308. The monoisotopic (exact) mass is 234 g/mol. The third kappa shape index (κ3) is 1.63. The first-order valence-electron chi connectivity index (χ1n) is 5.30. The first-order valence-corrected chi connectivity index (χ1v) is 5.68. The summed E-state index contributed by atoms with van der Waals surface area (Å²) in [6.45, 7) is 8.21. The predicted molar refractivity (Wildman–Crippen MR) is 67.5 cm³/mol. The second-order valence-electron chi connectivity index (χ2n) is 4.09. The Hall–Kier alpha value is -1.28. The summed E-state index contributed by atoms with van der Waals surface area (Å²) in [5, 5.41) is 5.32. The number of halogens is 1. The molecule has 0 aliphatic rings. The lowest BCUT2D eigenvalue weighted by Crippen LogP contribution is -2.01. The van der Waals surface area contributed by atoms with E-state index in [9.17, 15) is 0 Å². The van der Waals surface area contributed by atoms with Crippen molar-refractivity contribution in [1.29, 1.82) is 0 Å². The van der Waals surface area contributed by atoms with Crippen LogP contribution in [0.2, 0.25) is 5.02 Å². The van der Waals surface area contributed by atoms with Crippen LogP contribution in [0.4, 0.5) is 0 Å². The van der Waals surface area contributed by atoms with Crippen LogP contribution in [0.5, 0.6) is 0 Å². The topological polar surface area (TPSA) is 17.8 Å². The van der Waals surface area contributed by atoms with E-state index in [4.69, 9.17) is 11.6 Å². The molecule has 0 spiro atoms. The largest absolute Gasteiger partial charge is 0.237 e. The Labute approximate surface area is 101 Å². The van der Waals surface area contributed by atoms with E-state index in [1.807, 2.05) is 36.7 Å². The molecule has 0 atom stereocenters. The highest BCUT2D eigenvalue weighted by Crippen LogP contribution is 2.24. The van der Waals surface area contributed by atoms with Crippen LogP contribution in [-0.2, 0) is 0 Å². The molecule has 0 radical (unpaired) electrons. The number of aryl methyl sites for hydroxylation is 1. The zero-order valence-corrected chi connectivity index (χ0v) is 10.8. The molecule has 1 heterocycles. The van der Waals surface area contributed by atoms with Crippen molar-refractivity contribution in [2.45, 2.75) is 27.7 Å². The average molecular weight is 235 g/mol. The standard InChI is InChI=1S/C13H15ClN2/c1-8-10(3)15-16(11(8)4)13-7-5-6-12(14)9(13)2/h5-7H,1-4H3. The van der Waals surface area contributed by atoms with E-state index < -0.39 is 0 Å². The first kappa shape index (κ1) is 11.2. The molecule has 0 N–H and O–H groups in total. The van der Waals surface area contributed by atoms with Gasteiger partial charge in [0.2, 0.25) is 0 Å². The van der Waals surface area contributed by atoms with E-state index in [2.05, 4.69) is 18.9 Å². The average Bonchev–Trinajstić information content (AvgIpc) is 2.50. The molecule has 0 aliphatic heterocycles. The maximum Gasteiger partial charge on any atom is 0.0692 e. The molecule has 3 heteroatoms. The van der Waals surface area contributed by atoms with E-state index in [1.165, 1.54) is 11.3 Å².